The molecule has 0 aromatic carbocycles. The van der Waals surface area contributed by atoms with Crippen LogP contribution in [-0.2, 0) is 13.5 Å². The minimum absolute atomic E-state index is 0.389. The summed E-state index contributed by atoms with van der Waals surface area (Å²) >= 11 is 5.36. The summed E-state index contributed by atoms with van der Waals surface area (Å²) in [7, 11) is 4.04. The van der Waals surface area contributed by atoms with E-state index in [4.69, 9.17) is 0 Å². The Hall–Kier alpha value is -0.650. The highest BCUT2D eigenvalue weighted by Gasteiger charge is 2.16. The van der Waals surface area contributed by atoms with Crippen molar-refractivity contribution in [1.29, 1.82) is 0 Å². The molecule has 0 fully saturated rings. The molecule has 0 aliphatic heterocycles. The summed E-state index contributed by atoms with van der Waals surface area (Å²) in [6, 6.07) is 0.389. The van der Waals surface area contributed by atoms with Gasteiger partial charge < -0.3 is 5.32 Å². The van der Waals surface area contributed by atoms with Gasteiger partial charge in [0.05, 0.1) is 5.69 Å². The molecule has 2 aromatic heterocycles. The molecule has 3 nitrogen and oxygen atoms in total. The lowest BCUT2D eigenvalue weighted by Crippen LogP contribution is -2.17. The second-order valence-corrected chi connectivity index (χ2v) is 6.43. The molecule has 19 heavy (non-hydrogen) atoms. The zero-order valence-corrected chi connectivity index (χ0v) is 14.2. The number of halogens is 1. The van der Waals surface area contributed by atoms with E-state index in [0.29, 0.717) is 6.04 Å². The summed E-state index contributed by atoms with van der Waals surface area (Å²) in [5.41, 5.74) is 5.16. The highest BCUT2D eigenvalue weighted by atomic mass is 79.9. The zero-order chi connectivity index (χ0) is 14.0. The van der Waals surface area contributed by atoms with Crippen LogP contribution < -0.4 is 5.32 Å². The minimum atomic E-state index is 0.389. The average Bonchev–Trinajstić information content (AvgIpc) is 2.89. The molecule has 1 unspecified atom stereocenters. The Morgan fingerprint density at radius 3 is 2.63 bits per heavy atom. The van der Waals surface area contributed by atoms with Crippen molar-refractivity contribution in [3.8, 4) is 0 Å². The molecule has 2 rings (SSSR count). The van der Waals surface area contributed by atoms with Crippen LogP contribution >= 0.6 is 27.3 Å². The first-order valence-electron chi connectivity index (χ1n) is 6.42. The molecule has 1 atom stereocenters. The maximum Gasteiger partial charge on any atom is 0.0628 e. The van der Waals surface area contributed by atoms with Gasteiger partial charge in [0, 0.05) is 28.6 Å². The van der Waals surface area contributed by atoms with Crippen LogP contribution in [0.15, 0.2) is 15.2 Å². The Kier molecular flexibility index (Phi) is 4.81. The molecule has 5 heteroatoms. The van der Waals surface area contributed by atoms with E-state index in [2.05, 4.69) is 51.0 Å². The second-order valence-electron chi connectivity index (χ2n) is 4.83. The predicted octanol–water partition coefficient (Wildman–Crippen LogP) is 3.75. The van der Waals surface area contributed by atoms with Crippen LogP contribution in [0.25, 0.3) is 0 Å². The fourth-order valence-electron chi connectivity index (χ4n) is 2.46. The summed E-state index contributed by atoms with van der Waals surface area (Å²) in [4.78, 5) is 0. The molecule has 0 aliphatic rings. The van der Waals surface area contributed by atoms with Crippen molar-refractivity contribution in [1.82, 2.24) is 15.1 Å². The molecule has 0 aliphatic carbocycles. The van der Waals surface area contributed by atoms with E-state index < -0.39 is 0 Å². The monoisotopic (exact) mass is 341 g/mol. The third-order valence-corrected chi connectivity index (χ3v) is 5.46. The Morgan fingerprint density at radius 1 is 1.42 bits per heavy atom. The van der Waals surface area contributed by atoms with Gasteiger partial charge in [0.2, 0.25) is 0 Å². The van der Waals surface area contributed by atoms with Crippen molar-refractivity contribution >= 4 is 27.3 Å². The average molecular weight is 342 g/mol. The zero-order valence-electron chi connectivity index (χ0n) is 11.8. The van der Waals surface area contributed by atoms with Gasteiger partial charge in [-0.2, -0.15) is 16.4 Å². The molecule has 0 radical (unpaired) electrons. The van der Waals surface area contributed by atoms with Crippen molar-refractivity contribution in [2.45, 2.75) is 32.7 Å². The topological polar surface area (TPSA) is 29.9 Å². The van der Waals surface area contributed by atoms with Crippen LogP contribution in [0.4, 0.5) is 0 Å². The number of nitrogens with one attached hydrogen (secondary N) is 1. The van der Waals surface area contributed by atoms with E-state index in [9.17, 15) is 0 Å². The van der Waals surface area contributed by atoms with Crippen LogP contribution in [0.3, 0.4) is 0 Å². The molecule has 0 amide bonds. The van der Waals surface area contributed by atoms with Gasteiger partial charge in [0.15, 0.2) is 0 Å². The lowest BCUT2D eigenvalue weighted by Gasteiger charge is -2.16. The third kappa shape index (κ3) is 3.09. The van der Waals surface area contributed by atoms with Crippen LogP contribution in [-0.4, -0.2) is 16.8 Å². The molecule has 2 heterocycles. The number of rotatable bonds is 5. The van der Waals surface area contributed by atoms with Crippen LogP contribution in [0.2, 0.25) is 0 Å². The van der Waals surface area contributed by atoms with E-state index >= 15 is 0 Å². The van der Waals surface area contributed by atoms with Gasteiger partial charge >= 0.3 is 0 Å². The molecule has 0 saturated carbocycles. The van der Waals surface area contributed by atoms with Gasteiger partial charge in [0.1, 0.15) is 0 Å². The number of thiophene rings is 1. The first-order valence-corrected chi connectivity index (χ1v) is 8.16. The van der Waals surface area contributed by atoms with Crippen molar-refractivity contribution in [3.05, 3.63) is 37.7 Å². The first kappa shape index (κ1) is 14.8. The molecule has 0 spiro atoms. The van der Waals surface area contributed by atoms with Crippen molar-refractivity contribution < 1.29 is 0 Å². The normalized spacial score (nSPS) is 12.9. The Balaban J connectivity index is 2.11. The summed E-state index contributed by atoms with van der Waals surface area (Å²) in [5, 5.41) is 12.3. The molecule has 2 aromatic rings. The lowest BCUT2D eigenvalue weighted by atomic mass is 10.0. The molecular weight excluding hydrogens is 322 g/mol. The maximum absolute atomic E-state index is 4.48. The number of aryl methyl sites for hydroxylation is 2. The van der Waals surface area contributed by atoms with E-state index in [1.54, 1.807) is 11.3 Å². The summed E-state index contributed by atoms with van der Waals surface area (Å²) in [6.07, 6.45) is 2.14. The van der Waals surface area contributed by atoms with Gasteiger partial charge in [0.25, 0.3) is 0 Å². The third-order valence-electron chi connectivity index (χ3n) is 3.71. The highest BCUT2D eigenvalue weighted by molar-refractivity contribution is 9.10. The van der Waals surface area contributed by atoms with Crippen molar-refractivity contribution in [3.63, 3.8) is 0 Å². The fraction of sp³-hybridized carbons (Fsp3) is 0.500. The van der Waals surface area contributed by atoms with E-state index in [1.165, 1.54) is 21.3 Å². The summed E-state index contributed by atoms with van der Waals surface area (Å²) in [5.74, 6) is 0. The van der Waals surface area contributed by atoms with Crippen LogP contribution in [0.5, 0.6) is 0 Å². The Morgan fingerprint density at radius 2 is 2.16 bits per heavy atom. The first-order chi connectivity index (χ1) is 9.04. The van der Waals surface area contributed by atoms with Gasteiger partial charge in [-0.3, -0.25) is 4.68 Å². The second kappa shape index (κ2) is 6.20. The minimum Gasteiger partial charge on any atom is -0.313 e. The van der Waals surface area contributed by atoms with E-state index in [-0.39, 0.29) is 0 Å². The number of hydrogen-bond acceptors (Lipinski definition) is 3. The van der Waals surface area contributed by atoms with Gasteiger partial charge in [-0.05, 0) is 66.2 Å². The summed E-state index contributed by atoms with van der Waals surface area (Å²) in [6.45, 7) is 4.24. The highest BCUT2D eigenvalue weighted by Crippen LogP contribution is 2.30. The van der Waals surface area contributed by atoms with Crippen LogP contribution in [0.1, 0.15) is 35.0 Å². The standard InChI is InChI=1S/C14H20BrN3S/c1-9-11(10(2)18(4)17-9)5-6-14(16-3)12-7-19-8-13(12)15/h7-8,14,16H,5-6H2,1-4H3. The lowest BCUT2D eigenvalue weighted by molar-refractivity contribution is 0.547. The Labute approximate surface area is 127 Å². The van der Waals surface area contributed by atoms with Gasteiger partial charge in [-0.15, -0.1) is 0 Å². The molecule has 0 bridgehead atoms. The molecule has 0 saturated heterocycles. The largest absolute Gasteiger partial charge is 0.313 e. The number of aromatic nitrogens is 2. The number of hydrogen-bond donors (Lipinski definition) is 1. The van der Waals surface area contributed by atoms with E-state index in [1.807, 2.05) is 18.8 Å². The van der Waals surface area contributed by atoms with Gasteiger partial charge in [-0.25, -0.2) is 0 Å². The van der Waals surface area contributed by atoms with Crippen molar-refractivity contribution in [2.75, 3.05) is 7.05 Å². The molecule has 104 valence electrons. The summed E-state index contributed by atoms with van der Waals surface area (Å²) < 4.78 is 3.18. The predicted molar refractivity (Wildman–Crippen MR) is 84.8 cm³/mol. The molecular formula is C14H20BrN3S. The van der Waals surface area contributed by atoms with Crippen molar-refractivity contribution in [2.24, 2.45) is 7.05 Å². The smallest absolute Gasteiger partial charge is 0.0628 e. The quantitative estimate of drug-likeness (QED) is 0.897. The Bertz CT molecular complexity index is 559. The van der Waals surface area contributed by atoms with E-state index in [0.717, 1.165) is 18.5 Å². The molecule has 1 N–H and O–H groups in total. The maximum atomic E-state index is 4.48. The SMILES string of the molecule is CNC(CCc1c(C)nn(C)c1C)c1cscc1Br. The van der Waals surface area contributed by atoms with Gasteiger partial charge in [-0.1, -0.05) is 0 Å². The fourth-order valence-corrected chi connectivity index (χ4v) is 4.09. The van der Waals surface area contributed by atoms with Crippen LogP contribution in [0, 0.1) is 13.8 Å². The number of nitrogens with zero attached hydrogens (tertiary/aromatic N) is 2.